The molecule has 1 atom stereocenters. The van der Waals surface area contributed by atoms with Crippen LogP contribution in [0.3, 0.4) is 0 Å². The average Bonchev–Trinajstić information content (AvgIpc) is 2.73. The minimum Gasteiger partial charge on any atom is -0.383 e. The normalized spacial score (nSPS) is 13.2. The molecule has 0 amide bonds. The van der Waals surface area contributed by atoms with Crippen LogP contribution in [0.15, 0.2) is 6.20 Å². The van der Waals surface area contributed by atoms with Crippen LogP contribution in [0.2, 0.25) is 5.02 Å². The van der Waals surface area contributed by atoms with Gasteiger partial charge in [0.2, 0.25) is 0 Å². The molecular formula is C13H24ClN3OS. The zero-order valence-electron chi connectivity index (χ0n) is 12.1. The SMILES string of the molecule is CNC(CSCC(C)C)c1c(Cl)cnn1CCOC. The molecule has 0 saturated carbocycles. The van der Waals surface area contributed by atoms with Crippen LogP contribution in [0, 0.1) is 5.92 Å². The molecule has 4 nitrogen and oxygen atoms in total. The molecule has 0 fully saturated rings. The van der Waals surface area contributed by atoms with Crippen molar-refractivity contribution in [3.63, 3.8) is 0 Å². The maximum absolute atomic E-state index is 6.27. The lowest BCUT2D eigenvalue weighted by atomic mass is 10.2. The highest BCUT2D eigenvalue weighted by Crippen LogP contribution is 2.26. The first kappa shape index (κ1) is 16.8. The first-order chi connectivity index (χ1) is 9.10. The van der Waals surface area contributed by atoms with Crippen LogP contribution < -0.4 is 5.32 Å². The van der Waals surface area contributed by atoms with Crippen LogP contribution in [0.1, 0.15) is 25.6 Å². The smallest absolute Gasteiger partial charge is 0.0834 e. The summed E-state index contributed by atoms with van der Waals surface area (Å²) in [7, 11) is 3.66. The second-order valence-corrected chi connectivity index (χ2v) is 6.35. The summed E-state index contributed by atoms with van der Waals surface area (Å²) in [6, 6.07) is 0.218. The molecule has 1 aromatic rings. The average molecular weight is 306 g/mol. The van der Waals surface area contributed by atoms with Gasteiger partial charge in [-0.2, -0.15) is 16.9 Å². The Labute approximate surface area is 125 Å². The van der Waals surface area contributed by atoms with E-state index in [1.54, 1.807) is 13.3 Å². The van der Waals surface area contributed by atoms with Crippen molar-refractivity contribution >= 4 is 23.4 Å². The van der Waals surface area contributed by atoms with Crippen LogP contribution in [0.4, 0.5) is 0 Å². The third kappa shape index (κ3) is 5.34. The van der Waals surface area contributed by atoms with Crippen molar-refractivity contribution in [2.75, 3.05) is 32.3 Å². The van der Waals surface area contributed by atoms with Crippen molar-refractivity contribution in [1.82, 2.24) is 15.1 Å². The quantitative estimate of drug-likeness (QED) is 0.761. The van der Waals surface area contributed by atoms with Gasteiger partial charge in [0.25, 0.3) is 0 Å². The fourth-order valence-corrected chi connectivity index (χ4v) is 3.24. The van der Waals surface area contributed by atoms with Gasteiger partial charge in [-0.15, -0.1) is 0 Å². The van der Waals surface area contributed by atoms with Crippen molar-refractivity contribution in [3.8, 4) is 0 Å². The van der Waals surface area contributed by atoms with Gasteiger partial charge in [0.15, 0.2) is 0 Å². The van der Waals surface area contributed by atoms with E-state index in [-0.39, 0.29) is 6.04 Å². The van der Waals surface area contributed by atoms with E-state index in [0.29, 0.717) is 12.5 Å². The lowest BCUT2D eigenvalue weighted by Gasteiger charge is -2.19. The van der Waals surface area contributed by atoms with Crippen LogP contribution >= 0.6 is 23.4 Å². The largest absolute Gasteiger partial charge is 0.383 e. The van der Waals surface area contributed by atoms with Gasteiger partial charge in [-0.1, -0.05) is 25.4 Å². The molecule has 1 heterocycles. The molecule has 0 aliphatic rings. The predicted octanol–water partition coefficient (Wildman–Crippen LogP) is 2.83. The Morgan fingerprint density at radius 1 is 1.47 bits per heavy atom. The number of nitrogens with zero attached hydrogens (tertiary/aromatic N) is 2. The summed E-state index contributed by atoms with van der Waals surface area (Å²) in [4.78, 5) is 0. The van der Waals surface area contributed by atoms with E-state index in [1.165, 1.54) is 0 Å². The third-order valence-corrected chi connectivity index (χ3v) is 4.52. The highest BCUT2D eigenvalue weighted by Gasteiger charge is 2.19. The molecule has 6 heteroatoms. The van der Waals surface area contributed by atoms with Gasteiger partial charge in [-0.3, -0.25) is 4.68 Å². The minimum atomic E-state index is 0.218. The van der Waals surface area contributed by atoms with Gasteiger partial charge in [0.1, 0.15) is 0 Å². The summed E-state index contributed by atoms with van der Waals surface area (Å²) in [5.41, 5.74) is 1.05. The molecule has 19 heavy (non-hydrogen) atoms. The highest BCUT2D eigenvalue weighted by atomic mass is 35.5. The van der Waals surface area contributed by atoms with Crippen molar-refractivity contribution in [2.24, 2.45) is 5.92 Å². The fourth-order valence-electron chi connectivity index (χ4n) is 1.79. The molecule has 1 aromatic heterocycles. The van der Waals surface area contributed by atoms with E-state index in [9.17, 15) is 0 Å². The zero-order valence-corrected chi connectivity index (χ0v) is 13.7. The fraction of sp³-hybridized carbons (Fsp3) is 0.769. The van der Waals surface area contributed by atoms with Gasteiger partial charge in [-0.05, 0) is 18.7 Å². The van der Waals surface area contributed by atoms with Crippen molar-refractivity contribution in [2.45, 2.75) is 26.4 Å². The Kier molecular flexibility index (Phi) is 7.83. The first-order valence-electron chi connectivity index (χ1n) is 6.55. The summed E-state index contributed by atoms with van der Waals surface area (Å²) < 4.78 is 7.04. The maximum Gasteiger partial charge on any atom is 0.0834 e. The Morgan fingerprint density at radius 3 is 2.79 bits per heavy atom. The predicted molar refractivity (Wildman–Crippen MR) is 83.1 cm³/mol. The minimum absolute atomic E-state index is 0.218. The van der Waals surface area contributed by atoms with Crippen molar-refractivity contribution < 1.29 is 4.74 Å². The number of ether oxygens (including phenoxy) is 1. The molecule has 0 radical (unpaired) electrons. The third-order valence-electron chi connectivity index (χ3n) is 2.75. The lowest BCUT2D eigenvalue weighted by Crippen LogP contribution is -2.24. The van der Waals surface area contributed by atoms with E-state index in [1.807, 2.05) is 23.5 Å². The number of hydrogen-bond donors (Lipinski definition) is 1. The zero-order chi connectivity index (χ0) is 14.3. The second kappa shape index (κ2) is 8.84. The molecule has 0 aliphatic heterocycles. The molecule has 0 spiro atoms. The summed E-state index contributed by atoms with van der Waals surface area (Å²) >= 11 is 8.21. The Hall–Kier alpha value is -0.230. The van der Waals surface area contributed by atoms with E-state index in [0.717, 1.165) is 28.8 Å². The number of thioether (sulfide) groups is 1. The molecular weight excluding hydrogens is 282 g/mol. The lowest BCUT2D eigenvalue weighted by molar-refractivity contribution is 0.182. The van der Waals surface area contributed by atoms with E-state index < -0.39 is 0 Å². The number of aromatic nitrogens is 2. The van der Waals surface area contributed by atoms with Gasteiger partial charge < -0.3 is 10.1 Å². The number of nitrogens with one attached hydrogen (secondary N) is 1. The molecule has 0 bridgehead atoms. The topological polar surface area (TPSA) is 39.1 Å². The molecule has 0 aromatic carbocycles. The summed E-state index contributed by atoms with van der Waals surface area (Å²) in [6.45, 7) is 5.83. The monoisotopic (exact) mass is 305 g/mol. The maximum atomic E-state index is 6.27. The number of hydrogen-bond acceptors (Lipinski definition) is 4. The van der Waals surface area contributed by atoms with Crippen LogP contribution in [-0.2, 0) is 11.3 Å². The number of methoxy groups -OCH3 is 1. The van der Waals surface area contributed by atoms with Gasteiger partial charge in [0.05, 0.1) is 36.1 Å². The van der Waals surface area contributed by atoms with E-state index in [2.05, 4.69) is 24.3 Å². The Morgan fingerprint density at radius 2 is 2.21 bits per heavy atom. The Bertz CT molecular complexity index is 371. The molecule has 110 valence electrons. The number of rotatable bonds is 9. The molecule has 1 unspecified atom stereocenters. The summed E-state index contributed by atoms with van der Waals surface area (Å²) in [5.74, 6) is 2.85. The highest BCUT2D eigenvalue weighted by molar-refractivity contribution is 7.99. The van der Waals surface area contributed by atoms with Crippen LogP contribution in [-0.4, -0.2) is 42.1 Å². The van der Waals surface area contributed by atoms with Gasteiger partial charge >= 0.3 is 0 Å². The second-order valence-electron chi connectivity index (χ2n) is 4.87. The van der Waals surface area contributed by atoms with Crippen LogP contribution in [0.5, 0.6) is 0 Å². The molecule has 1 N–H and O–H groups in total. The van der Waals surface area contributed by atoms with Crippen molar-refractivity contribution in [3.05, 3.63) is 16.9 Å². The molecule has 0 aliphatic carbocycles. The van der Waals surface area contributed by atoms with Gasteiger partial charge in [0, 0.05) is 12.9 Å². The number of halogens is 1. The van der Waals surface area contributed by atoms with E-state index >= 15 is 0 Å². The summed E-state index contributed by atoms with van der Waals surface area (Å²) in [5, 5.41) is 8.37. The first-order valence-corrected chi connectivity index (χ1v) is 8.08. The van der Waals surface area contributed by atoms with Crippen molar-refractivity contribution in [1.29, 1.82) is 0 Å². The van der Waals surface area contributed by atoms with Crippen LogP contribution in [0.25, 0.3) is 0 Å². The van der Waals surface area contributed by atoms with Gasteiger partial charge in [-0.25, -0.2) is 0 Å². The summed E-state index contributed by atoms with van der Waals surface area (Å²) in [6.07, 6.45) is 1.71. The molecule has 1 rings (SSSR count). The molecule has 0 saturated heterocycles. The van der Waals surface area contributed by atoms with E-state index in [4.69, 9.17) is 16.3 Å². The Balaban J connectivity index is 2.70. The standard InChI is InChI=1S/C13H24ClN3OS/c1-10(2)8-19-9-12(15-3)13-11(14)7-16-17(13)5-6-18-4/h7,10,12,15H,5-6,8-9H2,1-4H3.